The van der Waals surface area contributed by atoms with Crippen molar-refractivity contribution in [2.45, 2.75) is 6.42 Å². The summed E-state index contributed by atoms with van der Waals surface area (Å²) in [7, 11) is 0. The van der Waals surface area contributed by atoms with Crippen LogP contribution in [0.25, 0.3) is 5.70 Å². The topological polar surface area (TPSA) is 52.5 Å². The largest absolute Gasteiger partial charge is 1.00 e. The Labute approximate surface area is 154 Å². The molecule has 1 aliphatic heterocycles. The van der Waals surface area contributed by atoms with E-state index in [1.807, 2.05) is 6.08 Å². The van der Waals surface area contributed by atoms with Crippen molar-refractivity contribution < 1.29 is 39.5 Å². The van der Waals surface area contributed by atoms with Crippen LogP contribution in [0.5, 0.6) is 0 Å². The fraction of sp³-hybridized carbons (Fsp3) is 0.0667. The summed E-state index contributed by atoms with van der Waals surface area (Å²) in [5.74, 6) is -1.16. The zero-order chi connectivity index (χ0) is 14.3. The first kappa shape index (κ1) is 16.5. The Bertz CT molecular complexity index is 728. The minimum Gasteiger partial charge on any atom is -0.545 e. The molecule has 0 saturated heterocycles. The standard InChI is InChI=1S/C15H9Cl2NO2.Na/c16-11-3-10(4-12(17)7-11)14-5-8-1-2-9(15(19)20)6-13(8)18-14;/h1-5,7H,6H2,(H,19,20);/q;+1/p-1. The van der Waals surface area contributed by atoms with Crippen LogP contribution in [0.4, 0.5) is 0 Å². The summed E-state index contributed by atoms with van der Waals surface area (Å²) in [5.41, 5.74) is 3.38. The number of aliphatic imine (C=N–C) groups is 1. The van der Waals surface area contributed by atoms with Gasteiger partial charge in [0.1, 0.15) is 0 Å². The summed E-state index contributed by atoms with van der Waals surface area (Å²) in [6, 6.07) is 5.19. The van der Waals surface area contributed by atoms with Crippen molar-refractivity contribution in [3.63, 3.8) is 0 Å². The molecule has 0 bridgehead atoms. The van der Waals surface area contributed by atoms with Crippen LogP contribution in [0.3, 0.4) is 0 Å². The Balaban J connectivity index is 0.00000161. The molecule has 2 aliphatic rings. The fourth-order valence-electron chi connectivity index (χ4n) is 2.18. The minimum absolute atomic E-state index is 0. The van der Waals surface area contributed by atoms with Crippen LogP contribution < -0.4 is 34.7 Å². The number of carbonyl (C=O) groups excluding carboxylic acids is 1. The first-order chi connectivity index (χ1) is 9.52. The van der Waals surface area contributed by atoms with Gasteiger partial charge in [0.2, 0.25) is 0 Å². The van der Waals surface area contributed by atoms with Crippen molar-refractivity contribution in [1.82, 2.24) is 0 Å². The molecule has 0 aromatic heterocycles. The minimum atomic E-state index is -1.16. The van der Waals surface area contributed by atoms with Crippen LogP contribution in [-0.2, 0) is 4.79 Å². The molecule has 21 heavy (non-hydrogen) atoms. The second kappa shape index (κ2) is 6.51. The molecule has 1 aromatic rings. The van der Waals surface area contributed by atoms with E-state index < -0.39 is 5.97 Å². The molecule has 1 aromatic carbocycles. The smallest absolute Gasteiger partial charge is 0.545 e. The van der Waals surface area contributed by atoms with Gasteiger partial charge in [-0.25, -0.2) is 0 Å². The Morgan fingerprint density at radius 1 is 1.14 bits per heavy atom. The van der Waals surface area contributed by atoms with Crippen LogP contribution in [0.1, 0.15) is 12.0 Å². The molecule has 3 nitrogen and oxygen atoms in total. The number of rotatable bonds is 2. The zero-order valence-corrected chi connectivity index (χ0v) is 14.7. The third kappa shape index (κ3) is 3.50. The van der Waals surface area contributed by atoms with Gasteiger partial charge in [-0.1, -0.05) is 35.4 Å². The SMILES string of the molecule is O=C([O-])C1=CC=C2C=C(c3cc(Cl)cc(Cl)c3)N=C2C1.[Na+]. The Morgan fingerprint density at radius 3 is 2.43 bits per heavy atom. The van der Waals surface area contributed by atoms with E-state index >= 15 is 0 Å². The van der Waals surface area contributed by atoms with Crippen molar-refractivity contribution in [3.8, 4) is 0 Å². The first-order valence-electron chi connectivity index (χ1n) is 5.91. The first-order valence-corrected chi connectivity index (χ1v) is 6.67. The van der Waals surface area contributed by atoms with Crippen molar-refractivity contribution in [2.75, 3.05) is 0 Å². The van der Waals surface area contributed by atoms with E-state index in [0.717, 1.165) is 22.5 Å². The molecule has 1 heterocycles. The molecule has 0 saturated carbocycles. The molecular formula is C15H8Cl2NNaO2. The molecule has 0 unspecified atom stereocenters. The molecule has 100 valence electrons. The molecular weight excluding hydrogens is 320 g/mol. The maximum atomic E-state index is 10.9. The summed E-state index contributed by atoms with van der Waals surface area (Å²) in [4.78, 5) is 15.3. The van der Waals surface area contributed by atoms with E-state index in [9.17, 15) is 9.90 Å². The Hall–Kier alpha value is -0.840. The summed E-state index contributed by atoms with van der Waals surface area (Å²) in [5, 5.41) is 11.9. The number of carboxylic acid groups (broad SMARTS) is 1. The van der Waals surface area contributed by atoms with Crippen molar-refractivity contribution >= 4 is 40.6 Å². The molecule has 0 amide bonds. The van der Waals surface area contributed by atoms with E-state index in [-0.39, 0.29) is 41.6 Å². The molecule has 0 atom stereocenters. The average molecular weight is 328 g/mol. The van der Waals surface area contributed by atoms with Crippen LogP contribution in [0.15, 0.2) is 52.6 Å². The quantitative estimate of drug-likeness (QED) is 0.706. The third-order valence-electron chi connectivity index (χ3n) is 3.12. The number of hydrogen-bond donors (Lipinski definition) is 0. The van der Waals surface area contributed by atoms with Gasteiger partial charge in [0.15, 0.2) is 0 Å². The van der Waals surface area contributed by atoms with Gasteiger partial charge in [-0.2, -0.15) is 0 Å². The number of halogens is 2. The molecule has 0 N–H and O–H groups in total. The van der Waals surface area contributed by atoms with E-state index in [1.165, 1.54) is 0 Å². The van der Waals surface area contributed by atoms with Gasteiger partial charge in [-0.15, -0.1) is 0 Å². The van der Waals surface area contributed by atoms with E-state index in [0.29, 0.717) is 10.0 Å². The number of aliphatic carboxylic acids is 1. The Morgan fingerprint density at radius 2 is 1.81 bits per heavy atom. The van der Waals surface area contributed by atoms with Crippen LogP contribution in [-0.4, -0.2) is 11.7 Å². The van der Waals surface area contributed by atoms with Gasteiger partial charge in [0.05, 0.1) is 17.4 Å². The molecule has 1 aliphatic carbocycles. The number of allylic oxidation sites excluding steroid dienone is 4. The maximum Gasteiger partial charge on any atom is 1.00 e. The number of carboxylic acids is 1. The zero-order valence-electron chi connectivity index (χ0n) is 11.2. The summed E-state index contributed by atoms with van der Waals surface area (Å²) in [6.45, 7) is 0. The average Bonchev–Trinajstić information content (AvgIpc) is 2.80. The van der Waals surface area contributed by atoms with Gasteiger partial charge in [-0.3, -0.25) is 4.99 Å². The van der Waals surface area contributed by atoms with Gasteiger partial charge < -0.3 is 9.90 Å². The van der Waals surface area contributed by atoms with E-state index in [4.69, 9.17) is 23.2 Å². The summed E-state index contributed by atoms with van der Waals surface area (Å²) in [6.07, 6.45) is 5.43. The predicted octanol–water partition coefficient (Wildman–Crippen LogP) is -0.201. The van der Waals surface area contributed by atoms with Gasteiger partial charge in [0.25, 0.3) is 0 Å². The van der Waals surface area contributed by atoms with Crippen molar-refractivity contribution in [3.05, 3.63) is 63.2 Å². The summed E-state index contributed by atoms with van der Waals surface area (Å²) < 4.78 is 0. The monoisotopic (exact) mass is 327 g/mol. The molecule has 0 spiro atoms. The Kier molecular flexibility index (Phi) is 5.12. The van der Waals surface area contributed by atoms with Gasteiger partial charge >= 0.3 is 29.6 Å². The number of carbonyl (C=O) groups is 1. The second-order valence-corrected chi connectivity index (χ2v) is 5.40. The molecule has 6 heteroatoms. The maximum absolute atomic E-state index is 10.9. The van der Waals surface area contributed by atoms with Crippen LogP contribution in [0, 0.1) is 0 Å². The van der Waals surface area contributed by atoms with E-state index in [1.54, 1.807) is 30.4 Å². The van der Waals surface area contributed by atoms with E-state index in [2.05, 4.69) is 4.99 Å². The van der Waals surface area contributed by atoms with Crippen molar-refractivity contribution in [2.24, 2.45) is 4.99 Å². The fourth-order valence-corrected chi connectivity index (χ4v) is 2.70. The van der Waals surface area contributed by atoms with Gasteiger partial charge in [0, 0.05) is 22.0 Å². The normalized spacial score (nSPS) is 16.1. The van der Waals surface area contributed by atoms with Crippen LogP contribution in [0.2, 0.25) is 10.0 Å². The second-order valence-electron chi connectivity index (χ2n) is 4.52. The van der Waals surface area contributed by atoms with Crippen molar-refractivity contribution in [1.29, 1.82) is 0 Å². The summed E-state index contributed by atoms with van der Waals surface area (Å²) >= 11 is 12.0. The molecule has 0 radical (unpaired) electrons. The molecule has 0 fully saturated rings. The third-order valence-corrected chi connectivity index (χ3v) is 3.56. The van der Waals surface area contributed by atoms with Gasteiger partial charge in [-0.05, 0) is 35.4 Å². The number of hydrogen-bond acceptors (Lipinski definition) is 3. The number of fused-ring (bicyclic) bond motifs is 1. The number of benzene rings is 1. The van der Waals surface area contributed by atoms with Crippen LogP contribution >= 0.6 is 23.2 Å². The predicted molar refractivity (Wildman–Crippen MR) is 77.7 cm³/mol. The molecule has 3 rings (SSSR count). The number of nitrogens with zero attached hydrogens (tertiary/aromatic N) is 1.